The molecule has 0 unspecified atom stereocenters. The van der Waals surface area contributed by atoms with Crippen LogP contribution in [0.5, 0.6) is 0 Å². The molecule has 2 fully saturated rings. The van der Waals surface area contributed by atoms with E-state index in [9.17, 15) is 9.50 Å². The fraction of sp³-hybridized carbons (Fsp3) is 0.500. The molecule has 1 aliphatic carbocycles. The second-order valence-corrected chi connectivity index (χ2v) is 5.45. The average Bonchev–Trinajstić information content (AvgIpc) is 3.13. The predicted molar refractivity (Wildman–Crippen MR) is 64.1 cm³/mol. The monoisotopic (exact) mass is 246 g/mol. The summed E-state index contributed by atoms with van der Waals surface area (Å²) in [5, 5.41) is 19.0. The molecule has 1 saturated heterocycles. The molecule has 2 aliphatic rings. The minimum absolute atomic E-state index is 0.0884. The SMILES string of the molecule is N#Cc1cc(CN2CC(O)(C3CC3)C2)ccc1F. The number of β-amino-alcohol motifs (C(OH)–C–C–N with tert-alkyl or cyclic N) is 1. The molecule has 0 atom stereocenters. The molecule has 1 aromatic carbocycles. The van der Waals surface area contributed by atoms with Crippen molar-refractivity contribution < 1.29 is 9.50 Å². The normalized spacial score (nSPS) is 22.3. The molecule has 0 aromatic heterocycles. The van der Waals surface area contributed by atoms with Gasteiger partial charge in [0.2, 0.25) is 0 Å². The zero-order chi connectivity index (χ0) is 12.8. The number of aliphatic hydroxyl groups is 1. The third kappa shape index (κ3) is 2.00. The van der Waals surface area contributed by atoms with Crippen LogP contribution in [0.4, 0.5) is 4.39 Å². The molecule has 0 bridgehead atoms. The zero-order valence-corrected chi connectivity index (χ0v) is 10.1. The minimum atomic E-state index is -0.488. The summed E-state index contributed by atoms with van der Waals surface area (Å²) >= 11 is 0. The molecule has 0 amide bonds. The van der Waals surface area contributed by atoms with Gasteiger partial charge in [0.1, 0.15) is 11.9 Å². The van der Waals surface area contributed by atoms with Crippen molar-refractivity contribution in [3.63, 3.8) is 0 Å². The lowest BCUT2D eigenvalue weighted by atomic mass is 9.88. The Hall–Kier alpha value is -1.44. The third-order valence-corrected chi connectivity index (χ3v) is 3.89. The van der Waals surface area contributed by atoms with Crippen molar-refractivity contribution in [2.45, 2.75) is 25.0 Å². The van der Waals surface area contributed by atoms with E-state index in [0.717, 1.165) is 18.4 Å². The third-order valence-electron chi connectivity index (χ3n) is 3.89. The van der Waals surface area contributed by atoms with Crippen LogP contribution in [0.1, 0.15) is 24.0 Å². The Bertz CT molecular complexity index is 513. The highest BCUT2D eigenvalue weighted by atomic mass is 19.1. The van der Waals surface area contributed by atoms with E-state index in [-0.39, 0.29) is 5.56 Å². The maximum absolute atomic E-state index is 13.2. The Morgan fingerprint density at radius 2 is 2.17 bits per heavy atom. The van der Waals surface area contributed by atoms with Crippen molar-refractivity contribution >= 4 is 0 Å². The number of hydrogen-bond acceptors (Lipinski definition) is 3. The predicted octanol–water partition coefficient (Wildman–Crippen LogP) is 1.65. The van der Waals surface area contributed by atoms with Crippen LogP contribution >= 0.6 is 0 Å². The Morgan fingerprint density at radius 3 is 2.78 bits per heavy atom. The van der Waals surface area contributed by atoms with E-state index in [1.165, 1.54) is 6.07 Å². The molecule has 3 rings (SSSR count). The van der Waals surface area contributed by atoms with E-state index >= 15 is 0 Å². The molecule has 0 spiro atoms. The number of nitriles is 1. The van der Waals surface area contributed by atoms with Crippen LogP contribution in [0.2, 0.25) is 0 Å². The number of nitrogens with zero attached hydrogens (tertiary/aromatic N) is 2. The highest BCUT2D eigenvalue weighted by Crippen LogP contribution is 2.44. The van der Waals surface area contributed by atoms with Crippen LogP contribution in [0.15, 0.2) is 18.2 Å². The summed E-state index contributed by atoms with van der Waals surface area (Å²) in [6.45, 7) is 2.05. The molecule has 1 heterocycles. The first-order valence-corrected chi connectivity index (χ1v) is 6.24. The molecule has 18 heavy (non-hydrogen) atoms. The van der Waals surface area contributed by atoms with Crippen molar-refractivity contribution in [1.82, 2.24) is 4.90 Å². The van der Waals surface area contributed by atoms with E-state index in [2.05, 4.69) is 4.90 Å². The molecular formula is C14H15FN2O. The van der Waals surface area contributed by atoms with E-state index < -0.39 is 11.4 Å². The van der Waals surface area contributed by atoms with E-state index in [1.807, 2.05) is 6.07 Å². The van der Waals surface area contributed by atoms with Crippen molar-refractivity contribution in [2.75, 3.05) is 13.1 Å². The number of hydrogen-bond donors (Lipinski definition) is 1. The Labute approximate surface area is 105 Å². The molecule has 1 aromatic rings. The molecule has 3 nitrogen and oxygen atoms in total. The maximum Gasteiger partial charge on any atom is 0.140 e. The second-order valence-electron chi connectivity index (χ2n) is 5.45. The van der Waals surface area contributed by atoms with Gasteiger partial charge in [-0.2, -0.15) is 5.26 Å². The second kappa shape index (κ2) is 4.04. The molecule has 4 heteroatoms. The first-order valence-electron chi connectivity index (χ1n) is 6.24. The van der Waals surface area contributed by atoms with Crippen LogP contribution in [0.25, 0.3) is 0 Å². The summed E-state index contributed by atoms with van der Waals surface area (Å²) in [6, 6.07) is 6.47. The number of rotatable bonds is 3. The van der Waals surface area contributed by atoms with Gasteiger partial charge in [-0.3, -0.25) is 4.90 Å². The number of halogens is 1. The van der Waals surface area contributed by atoms with Gasteiger partial charge in [0.15, 0.2) is 0 Å². The lowest BCUT2D eigenvalue weighted by Crippen LogP contribution is -2.62. The van der Waals surface area contributed by atoms with Gasteiger partial charge in [-0.1, -0.05) is 6.07 Å². The summed E-state index contributed by atoms with van der Waals surface area (Å²) < 4.78 is 13.2. The number of benzene rings is 1. The molecule has 1 saturated carbocycles. The first kappa shape index (κ1) is 11.6. The maximum atomic E-state index is 13.2. The Kier molecular flexibility index (Phi) is 2.61. The zero-order valence-electron chi connectivity index (χ0n) is 10.1. The molecule has 1 aliphatic heterocycles. The summed E-state index contributed by atoms with van der Waals surface area (Å²) in [6.07, 6.45) is 2.28. The fourth-order valence-electron chi connectivity index (χ4n) is 2.73. The van der Waals surface area contributed by atoms with Gasteiger partial charge in [0.05, 0.1) is 11.2 Å². The molecule has 94 valence electrons. The van der Waals surface area contributed by atoms with Crippen LogP contribution in [0, 0.1) is 23.1 Å². The van der Waals surface area contributed by atoms with E-state index in [4.69, 9.17) is 5.26 Å². The Morgan fingerprint density at radius 1 is 1.44 bits per heavy atom. The van der Waals surface area contributed by atoms with E-state index in [0.29, 0.717) is 25.6 Å². The number of likely N-dealkylation sites (tertiary alicyclic amines) is 1. The van der Waals surface area contributed by atoms with Crippen LogP contribution in [-0.2, 0) is 6.54 Å². The summed E-state index contributed by atoms with van der Waals surface area (Å²) in [5.74, 6) is 0.0102. The van der Waals surface area contributed by atoms with Gasteiger partial charge in [-0.05, 0) is 36.5 Å². The van der Waals surface area contributed by atoms with Gasteiger partial charge < -0.3 is 5.11 Å². The average molecular weight is 246 g/mol. The first-order chi connectivity index (χ1) is 8.60. The molecule has 0 radical (unpaired) electrons. The van der Waals surface area contributed by atoms with Crippen molar-refractivity contribution in [2.24, 2.45) is 5.92 Å². The van der Waals surface area contributed by atoms with Crippen molar-refractivity contribution in [3.8, 4) is 6.07 Å². The smallest absolute Gasteiger partial charge is 0.140 e. The lowest BCUT2D eigenvalue weighted by molar-refractivity contribution is -0.116. The van der Waals surface area contributed by atoms with Gasteiger partial charge in [-0.15, -0.1) is 0 Å². The minimum Gasteiger partial charge on any atom is -0.387 e. The van der Waals surface area contributed by atoms with E-state index in [1.54, 1.807) is 12.1 Å². The van der Waals surface area contributed by atoms with Crippen LogP contribution in [-0.4, -0.2) is 28.7 Å². The largest absolute Gasteiger partial charge is 0.387 e. The Balaban J connectivity index is 1.63. The highest BCUT2D eigenvalue weighted by molar-refractivity contribution is 5.34. The molecular weight excluding hydrogens is 231 g/mol. The topological polar surface area (TPSA) is 47.3 Å². The van der Waals surface area contributed by atoms with Gasteiger partial charge >= 0.3 is 0 Å². The van der Waals surface area contributed by atoms with Gasteiger partial charge in [0, 0.05) is 19.6 Å². The summed E-state index contributed by atoms with van der Waals surface area (Å²) in [4.78, 5) is 2.13. The van der Waals surface area contributed by atoms with Gasteiger partial charge in [0.25, 0.3) is 0 Å². The fourth-order valence-corrected chi connectivity index (χ4v) is 2.73. The molecule has 1 N–H and O–H groups in total. The highest BCUT2D eigenvalue weighted by Gasteiger charge is 2.51. The summed E-state index contributed by atoms with van der Waals surface area (Å²) in [5.41, 5.74) is 0.522. The van der Waals surface area contributed by atoms with Crippen LogP contribution < -0.4 is 0 Å². The standard InChI is InChI=1S/C14H15FN2O/c15-13-4-1-10(5-11(13)6-16)7-17-8-14(18,9-17)12-2-3-12/h1,4-5,12,18H,2-3,7-9H2. The summed E-state index contributed by atoms with van der Waals surface area (Å²) in [7, 11) is 0. The van der Waals surface area contributed by atoms with Crippen LogP contribution in [0.3, 0.4) is 0 Å². The lowest BCUT2D eigenvalue weighted by Gasteiger charge is -2.47. The van der Waals surface area contributed by atoms with Crippen molar-refractivity contribution in [1.29, 1.82) is 5.26 Å². The quantitative estimate of drug-likeness (QED) is 0.882. The van der Waals surface area contributed by atoms with Gasteiger partial charge in [-0.25, -0.2) is 4.39 Å². The van der Waals surface area contributed by atoms with Crippen molar-refractivity contribution in [3.05, 3.63) is 35.1 Å².